The highest BCUT2D eigenvalue weighted by molar-refractivity contribution is 6.31. The van der Waals surface area contributed by atoms with Gasteiger partial charge in [0.25, 0.3) is 5.91 Å². The maximum absolute atomic E-state index is 12.4. The van der Waals surface area contributed by atoms with E-state index in [4.69, 9.17) is 16.3 Å². The molecule has 1 atom stereocenters. The Labute approximate surface area is 156 Å². The fourth-order valence-electron chi connectivity index (χ4n) is 2.37. The van der Waals surface area contributed by atoms with E-state index in [0.717, 1.165) is 5.56 Å². The van der Waals surface area contributed by atoms with Crippen LogP contribution in [0.2, 0.25) is 5.02 Å². The Morgan fingerprint density at radius 3 is 2.31 bits per heavy atom. The van der Waals surface area contributed by atoms with Crippen molar-refractivity contribution < 1.29 is 19.1 Å². The Morgan fingerprint density at radius 1 is 1.08 bits per heavy atom. The van der Waals surface area contributed by atoms with Gasteiger partial charge in [0.2, 0.25) is 5.91 Å². The number of carbonyl (C=O) groups is 3. The van der Waals surface area contributed by atoms with Crippen molar-refractivity contribution in [3.8, 4) is 0 Å². The summed E-state index contributed by atoms with van der Waals surface area (Å²) in [5.74, 6) is -1.19. The van der Waals surface area contributed by atoms with E-state index < -0.39 is 17.9 Å². The number of halogens is 1. The average Bonchev–Trinajstić information content (AvgIpc) is 2.62. The van der Waals surface area contributed by atoms with Crippen LogP contribution in [0, 0.1) is 0 Å². The lowest BCUT2D eigenvalue weighted by atomic mass is 10.1. The fraction of sp³-hybridized carbons (Fsp3) is 0.211. The third-order valence-corrected chi connectivity index (χ3v) is 4.01. The Morgan fingerprint density at radius 2 is 1.73 bits per heavy atom. The number of methoxy groups -OCH3 is 1. The van der Waals surface area contributed by atoms with Gasteiger partial charge < -0.3 is 15.4 Å². The second kappa shape index (κ2) is 9.01. The standard InChI is InChI=1S/C19H19ClN2O4/c1-12(23)21-15-9-7-13(8-10-15)18(24)22-17(19(25)26-2)11-14-5-3-4-6-16(14)20/h3-10,17H,11H2,1-2H3,(H,21,23)(H,22,24)/t17-/m1/s1. The van der Waals surface area contributed by atoms with Gasteiger partial charge in [0.05, 0.1) is 7.11 Å². The summed E-state index contributed by atoms with van der Waals surface area (Å²) in [5, 5.41) is 5.79. The Hall–Kier alpha value is -2.86. The number of hydrogen-bond donors (Lipinski definition) is 2. The first-order chi connectivity index (χ1) is 12.4. The molecular weight excluding hydrogens is 356 g/mol. The second-order valence-corrected chi connectivity index (χ2v) is 6.01. The molecule has 0 spiro atoms. The second-order valence-electron chi connectivity index (χ2n) is 5.60. The first-order valence-corrected chi connectivity index (χ1v) is 8.28. The molecule has 0 fully saturated rings. The van der Waals surface area contributed by atoms with Gasteiger partial charge in [0, 0.05) is 29.6 Å². The van der Waals surface area contributed by atoms with E-state index in [1.807, 2.05) is 0 Å². The van der Waals surface area contributed by atoms with Crippen molar-refractivity contribution in [1.82, 2.24) is 5.32 Å². The summed E-state index contributed by atoms with van der Waals surface area (Å²) in [5.41, 5.74) is 1.66. The number of nitrogens with one attached hydrogen (secondary N) is 2. The number of ether oxygens (including phenoxy) is 1. The van der Waals surface area contributed by atoms with Crippen LogP contribution in [0.4, 0.5) is 5.69 Å². The summed E-state index contributed by atoms with van der Waals surface area (Å²) >= 11 is 6.13. The van der Waals surface area contributed by atoms with Crippen LogP contribution in [0.5, 0.6) is 0 Å². The molecule has 0 aliphatic heterocycles. The van der Waals surface area contributed by atoms with Crippen LogP contribution in [-0.2, 0) is 20.7 Å². The number of benzene rings is 2. The average molecular weight is 375 g/mol. The number of amides is 2. The summed E-state index contributed by atoms with van der Waals surface area (Å²) in [6, 6.07) is 12.6. The first-order valence-electron chi connectivity index (χ1n) is 7.90. The molecule has 6 nitrogen and oxygen atoms in total. The Balaban J connectivity index is 2.12. The van der Waals surface area contributed by atoms with Crippen molar-refractivity contribution in [2.75, 3.05) is 12.4 Å². The highest BCUT2D eigenvalue weighted by atomic mass is 35.5. The van der Waals surface area contributed by atoms with Gasteiger partial charge in [-0.15, -0.1) is 0 Å². The van der Waals surface area contributed by atoms with Gasteiger partial charge in [-0.2, -0.15) is 0 Å². The van der Waals surface area contributed by atoms with Crippen LogP contribution in [-0.4, -0.2) is 30.9 Å². The summed E-state index contributed by atoms with van der Waals surface area (Å²) in [6.07, 6.45) is 0.210. The lowest BCUT2D eigenvalue weighted by Crippen LogP contribution is -2.43. The Kier molecular flexibility index (Phi) is 6.74. The molecule has 0 saturated carbocycles. The monoisotopic (exact) mass is 374 g/mol. The minimum absolute atomic E-state index is 0.201. The maximum atomic E-state index is 12.4. The van der Waals surface area contributed by atoms with Crippen LogP contribution in [0.3, 0.4) is 0 Å². The molecule has 2 aromatic carbocycles. The molecule has 0 unspecified atom stereocenters. The van der Waals surface area contributed by atoms with Gasteiger partial charge in [-0.3, -0.25) is 9.59 Å². The van der Waals surface area contributed by atoms with Gasteiger partial charge >= 0.3 is 5.97 Å². The summed E-state index contributed by atoms with van der Waals surface area (Å²) in [7, 11) is 1.26. The zero-order valence-electron chi connectivity index (χ0n) is 14.4. The van der Waals surface area contributed by atoms with E-state index in [1.165, 1.54) is 14.0 Å². The number of rotatable bonds is 6. The van der Waals surface area contributed by atoms with Crippen LogP contribution in [0.25, 0.3) is 0 Å². The van der Waals surface area contributed by atoms with Gasteiger partial charge in [-0.05, 0) is 35.9 Å². The molecule has 7 heteroatoms. The van der Waals surface area contributed by atoms with E-state index in [0.29, 0.717) is 16.3 Å². The largest absolute Gasteiger partial charge is 0.467 e. The van der Waals surface area contributed by atoms with Crippen molar-refractivity contribution in [2.45, 2.75) is 19.4 Å². The third-order valence-electron chi connectivity index (χ3n) is 3.64. The van der Waals surface area contributed by atoms with E-state index in [1.54, 1.807) is 48.5 Å². The maximum Gasteiger partial charge on any atom is 0.328 e. The molecule has 0 aromatic heterocycles. The lowest BCUT2D eigenvalue weighted by molar-refractivity contribution is -0.142. The number of anilines is 1. The Bertz CT molecular complexity index is 805. The van der Waals surface area contributed by atoms with E-state index in [9.17, 15) is 14.4 Å². The molecule has 0 bridgehead atoms. The van der Waals surface area contributed by atoms with E-state index in [-0.39, 0.29) is 12.3 Å². The van der Waals surface area contributed by atoms with Crippen LogP contribution < -0.4 is 10.6 Å². The fourth-order valence-corrected chi connectivity index (χ4v) is 2.58. The van der Waals surface area contributed by atoms with Gasteiger partial charge in [-0.25, -0.2) is 4.79 Å². The van der Waals surface area contributed by atoms with Gasteiger partial charge in [0.15, 0.2) is 0 Å². The molecule has 0 aliphatic carbocycles. The van der Waals surface area contributed by atoms with Crippen LogP contribution in [0.15, 0.2) is 48.5 Å². The summed E-state index contributed by atoms with van der Waals surface area (Å²) in [6.45, 7) is 1.40. The smallest absolute Gasteiger partial charge is 0.328 e. The van der Waals surface area contributed by atoms with Crippen molar-refractivity contribution >= 4 is 35.1 Å². The molecule has 0 saturated heterocycles. The lowest BCUT2D eigenvalue weighted by Gasteiger charge is -2.17. The third kappa shape index (κ3) is 5.32. The summed E-state index contributed by atoms with van der Waals surface area (Å²) in [4.78, 5) is 35.5. The topological polar surface area (TPSA) is 84.5 Å². The van der Waals surface area contributed by atoms with Crippen LogP contribution in [0.1, 0.15) is 22.8 Å². The van der Waals surface area contributed by atoms with E-state index >= 15 is 0 Å². The first kappa shape index (κ1) is 19.5. The normalized spacial score (nSPS) is 11.3. The molecular formula is C19H19ClN2O4. The van der Waals surface area contributed by atoms with Gasteiger partial charge in [0.1, 0.15) is 6.04 Å². The molecule has 2 rings (SSSR count). The summed E-state index contributed by atoms with van der Waals surface area (Å²) < 4.78 is 4.78. The van der Waals surface area contributed by atoms with Crippen molar-refractivity contribution in [3.05, 3.63) is 64.7 Å². The zero-order chi connectivity index (χ0) is 19.1. The predicted molar refractivity (Wildman–Crippen MR) is 99.2 cm³/mol. The zero-order valence-corrected chi connectivity index (χ0v) is 15.2. The van der Waals surface area contributed by atoms with E-state index in [2.05, 4.69) is 10.6 Å². The van der Waals surface area contributed by atoms with Crippen molar-refractivity contribution in [3.63, 3.8) is 0 Å². The SMILES string of the molecule is COC(=O)[C@@H](Cc1ccccc1Cl)NC(=O)c1ccc(NC(C)=O)cc1. The number of carbonyl (C=O) groups excluding carboxylic acids is 3. The molecule has 0 heterocycles. The number of hydrogen-bond acceptors (Lipinski definition) is 4. The number of esters is 1. The quantitative estimate of drug-likeness (QED) is 0.761. The minimum atomic E-state index is -0.873. The molecule has 0 radical (unpaired) electrons. The predicted octanol–water partition coefficient (Wildman–Crippen LogP) is 2.81. The van der Waals surface area contributed by atoms with Crippen LogP contribution >= 0.6 is 11.6 Å². The van der Waals surface area contributed by atoms with Crippen molar-refractivity contribution in [1.29, 1.82) is 0 Å². The molecule has 26 heavy (non-hydrogen) atoms. The van der Waals surface area contributed by atoms with Crippen molar-refractivity contribution in [2.24, 2.45) is 0 Å². The van der Waals surface area contributed by atoms with Gasteiger partial charge in [-0.1, -0.05) is 29.8 Å². The molecule has 2 N–H and O–H groups in total. The molecule has 136 valence electrons. The molecule has 2 amide bonds. The minimum Gasteiger partial charge on any atom is -0.467 e. The highest BCUT2D eigenvalue weighted by Crippen LogP contribution is 2.17. The molecule has 2 aromatic rings. The molecule has 0 aliphatic rings. The highest BCUT2D eigenvalue weighted by Gasteiger charge is 2.23.